The molecule has 0 bridgehead atoms. The van der Waals surface area contributed by atoms with E-state index in [2.05, 4.69) is 54.4 Å². The number of amides is 1. The smallest absolute Gasteiger partial charge is 0.254 e. The quantitative estimate of drug-likeness (QED) is 0.886. The standard InChI is InChI=1S/C21H27FN4O/c1-13(2)26-19-16(9-10-25(19)21(4,5)6)12-23-20(26)24-18(27)15-8-7-14(3)17(22)11-15/h7-13,20H,1-6H3,(H,24,27). The first-order valence-corrected chi connectivity index (χ1v) is 9.20. The molecule has 6 heteroatoms. The van der Waals surface area contributed by atoms with Gasteiger partial charge in [-0.25, -0.2) is 9.38 Å². The van der Waals surface area contributed by atoms with Crippen molar-refractivity contribution in [1.82, 2.24) is 9.88 Å². The maximum atomic E-state index is 13.8. The lowest BCUT2D eigenvalue weighted by atomic mass is 10.1. The fourth-order valence-electron chi connectivity index (χ4n) is 3.26. The Morgan fingerprint density at radius 1 is 1.26 bits per heavy atom. The van der Waals surface area contributed by atoms with Crippen molar-refractivity contribution < 1.29 is 9.18 Å². The molecule has 144 valence electrons. The van der Waals surface area contributed by atoms with E-state index in [9.17, 15) is 9.18 Å². The third-order valence-corrected chi connectivity index (χ3v) is 4.73. The summed E-state index contributed by atoms with van der Waals surface area (Å²) in [7, 11) is 0. The molecular weight excluding hydrogens is 343 g/mol. The molecule has 0 spiro atoms. The number of halogens is 1. The highest BCUT2D eigenvalue weighted by molar-refractivity contribution is 5.96. The van der Waals surface area contributed by atoms with Gasteiger partial charge in [-0.05, 0) is 65.3 Å². The summed E-state index contributed by atoms with van der Waals surface area (Å²) in [4.78, 5) is 19.3. The van der Waals surface area contributed by atoms with Crippen LogP contribution in [0.3, 0.4) is 0 Å². The zero-order valence-corrected chi connectivity index (χ0v) is 16.7. The molecule has 1 unspecified atom stereocenters. The summed E-state index contributed by atoms with van der Waals surface area (Å²) in [5, 5.41) is 2.93. The highest BCUT2D eigenvalue weighted by Crippen LogP contribution is 2.33. The van der Waals surface area contributed by atoms with Crippen molar-refractivity contribution in [2.75, 3.05) is 4.90 Å². The van der Waals surface area contributed by atoms with Crippen LogP contribution in [-0.4, -0.2) is 29.0 Å². The van der Waals surface area contributed by atoms with Crippen molar-refractivity contribution in [3.63, 3.8) is 0 Å². The van der Waals surface area contributed by atoms with Crippen molar-refractivity contribution in [2.45, 2.75) is 59.4 Å². The van der Waals surface area contributed by atoms with Crippen LogP contribution in [0, 0.1) is 12.7 Å². The van der Waals surface area contributed by atoms with Crippen LogP contribution in [0.2, 0.25) is 0 Å². The molecule has 0 aliphatic carbocycles. The molecule has 3 rings (SSSR count). The minimum atomic E-state index is -0.551. The number of aryl methyl sites for hydroxylation is 1. The summed E-state index contributed by atoms with van der Waals surface area (Å²) >= 11 is 0. The average molecular weight is 370 g/mol. The fraction of sp³-hybridized carbons (Fsp3) is 0.429. The van der Waals surface area contributed by atoms with Crippen molar-refractivity contribution in [3.05, 3.63) is 53.0 Å². The number of nitrogens with zero attached hydrogens (tertiary/aromatic N) is 3. The van der Waals surface area contributed by atoms with Crippen molar-refractivity contribution in [1.29, 1.82) is 0 Å². The Balaban J connectivity index is 1.93. The number of carbonyl (C=O) groups is 1. The highest BCUT2D eigenvalue weighted by atomic mass is 19.1. The Labute approximate surface area is 159 Å². The first kappa shape index (κ1) is 19.1. The van der Waals surface area contributed by atoms with Crippen LogP contribution in [0.4, 0.5) is 10.2 Å². The molecule has 0 fully saturated rings. The lowest BCUT2D eigenvalue weighted by molar-refractivity contribution is 0.0935. The molecule has 27 heavy (non-hydrogen) atoms. The van der Waals surface area contributed by atoms with Gasteiger partial charge in [0.25, 0.3) is 5.91 Å². The zero-order valence-electron chi connectivity index (χ0n) is 16.7. The second-order valence-electron chi connectivity index (χ2n) is 8.23. The molecule has 2 heterocycles. The predicted molar refractivity (Wildman–Crippen MR) is 107 cm³/mol. The number of aliphatic imine (C=N–C) groups is 1. The van der Waals surface area contributed by atoms with Gasteiger partial charge in [-0.2, -0.15) is 0 Å². The summed E-state index contributed by atoms with van der Waals surface area (Å²) < 4.78 is 16.0. The molecule has 0 saturated heterocycles. The maximum Gasteiger partial charge on any atom is 0.254 e. The number of rotatable bonds is 3. The van der Waals surface area contributed by atoms with Gasteiger partial charge < -0.3 is 14.8 Å². The van der Waals surface area contributed by atoms with Crippen molar-refractivity contribution in [2.24, 2.45) is 4.99 Å². The average Bonchev–Trinajstić information content (AvgIpc) is 3.00. The van der Waals surface area contributed by atoms with Crippen molar-refractivity contribution >= 4 is 17.9 Å². The summed E-state index contributed by atoms with van der Waals surface area (Å²) in [6, 6.07) is 6.64. The molecule has 1 aromatic heterocycles. The van der Waals surface area contributed by atoms with Gasteiger partial charge in [0.2, 0.25) is 0 Å². The number of hydrogen-bond donors (Lipinski definition) is 1. The molecule has 1 aliphatic heterocycles. The summed E-state index contributed by atoms with van der Waals surface area (Å²) in [6.07, 6.45) is 3.29. The Hall–Kier alpha value is -2.63. The van der Waals surface area contributed by atoms with Crippen LogP contribution >= 0.6 is 0 Å². The van der Waals surface area contributed by atoms with Gasteiger partial charge in [-0.15, -0.1) is 0 Å². The van der Waals surface area contributed by atoms with Gasteiger partial charge in [0.15, 0.2) is 6.29 Å². The Morgan fingerprint density at radius 2 is 1.96 bits per heavy atom. The number of carbonyl (C=O) groups excluding carboxylic acids is 1. The van der Waals surface area contributed by atoms with Crippen LogP contribution in [-0.2, 0) is 5.54 Å². The van der Waals surface area contributed by atoms with Gasteiger partial charge in [0.05, 0.1) is 0 Å². The van der Waals surface area contributed by atoms with Crippen molar-refractivity contribution in [3.8, 4) is 0 Å². The lowest BCUT2D eigenvalue weighted by Crippen LogP contribution is -2.53. The number of benzene rings is 1. The van der Waals surface area contributed by atoms with Crippen LogP contribution in [0.25, 0.3) is 0 Å². The third-order valence-electron chi connectivity index (χ3n) is 4.73. The van der Waals surface area contributed by atoms with E-state index < -0.39 is 6.29 Å². The molecule has 1 atom stereocenters. The summed E-state index contributed by atoms with van der Waals surface area (Å²) in [5.74, 6) is 0.284. The molecule has 1 N–H and O–H groups in total. The largest absolute Gasteiger partial charge is 0.329 e. The monoisotopic (exact) mass is 370 g/mol. The molecule has 5 nitrogen and oxygen atoms in total. The van der Waals surface area contributed by atoms with E-state index >= 15 is 0 Å². The van der Waals surface area contributed by atoms with Crippen LogP contribution in [0.15, 0.2) is 35.5 Å². The van der Waals surface area contributed by atoms with Gasteiger partial charge >= 0.3 is 0 Å². The van der Waals surface area contributed by atoms with Crippen LogP contribution < -0.4 is 10.2 Å². The van der Waals surface area contributed by atoms with E-state index in [1.165, 1.54) is 6.07 Å². The number of nitrogens with one attached hydrogen (secondary N) is 1. The van der Waals surface area contributed by atoms with Gasteiger partial charge in [0.1, 0.15) is 11.6 Å². The normalized spacial score (nSPS) is 16.6. The lowest BCUT2D eigenvalue weighted by Gasteiger charge is -2.40. The van der Waals surface area contributed by atoms with E-state index in [0.29, 0.717) is 5.56 Å². The Bertz CT molecular complexity index is 892. The second-order valence-corrected chi connectivity index (χ2v) is 8.23. The van der Waals surface area contributed by atoms with E-state index in [0.717, 1.165) is 11.4 Å². The van der Waals surface area contributed by atoms with Gasteiger partial charge in [0, 0.05) is 35.1 Å². The zero-order chi connectivity index (χ0) is 19.9. The molecule has 1 aliphatic rings. The molecule has 1 aromatic carbocycles. The molecular formula is C21H27FN4O. The Morgan fingerprint density at radius 3 is 2.56 bits per heavy atom. The predicted octanol–water partition coefficient (Wildman–Crippen LogP) is 4.05. The van der Waals surface area contributed by atoms with E-state index in [-0.39, 0.29) is 28.9 Å². The van der Waals surface area contributed by atoms with Gasteiger partial charge in [-0.1, -0.05) is 6.07 Å². The van der Waals surface area contributed by atoms with Crippen LogP contribution in [0.1, 0.15) is 56.1 Å². The summed E-state index contributed by atoms with van der Waals surface area (Å²) in [6.45, 7) is 12.2. The summed E-state index contributed by atoms with van der Waals surface area (Å²) in [5.41, 5.74) is 1.71. The Kier molecular flexibility index (Phi) is 4.84. The minimum absolute atomic E-state index is 0.109. The molecule has 0 radical (unpaired) electrons. The first-order chi connectivity index (χ1) is 12.6. The maximum absolute atomic E-state index is 13.8. The second kappa shape index (κ2) is 6.83. The van der Waals surface area contributed by atoms with E-state index in [4.69, 9.17) is 0 Å². The van der Waals surface area contributed by atoms with E-state index in [1.807, 2.05) is 12.3 Å². The topological polar surface area (TPSA) is 49.6 Å². The SMILES string of the molecule is Cc1ccc(C(=O)NC2N=Cc3ccn(C(C)(C)C)c3N2C(C)C)cc1F. The van der Waals surface area contributed by atoms with Gasteiger partial charge in [-0.3, -0.25) is 4.79 Å². The third kappa shape index (κ3) is 3.61. The fourth-order valence-corrected chi connectivity index (χ4v) is 3.26. The first-order valence-electron chi connectivity index (χ1n) is 9.20. The number of hydrogen-bond acceptors (Lipinski definition) is 3. The molecule has 0 saturated carbocycles. The number of fused-ring (bicyclic) bond motifs is 1. The number of aromatic nitrogens is 1. The highest BCUT2D eigenvalue weighted by Gasteiger charge is 2.32. The van der Waals surface area contributed by atoms with E-state index in [1.54, 1.807) is 25.3 Å². The number of anilines is 1. The van der Waals surface area contributed by atoms with Crippen LogP contribution in [0.5, 0.6) is 0 Å². The minimum Gasteiger partial charge on any atom is -0.329 e. The molecule has 2 aromatic rings. The molecule has 1 amide bonds.